The van der Waals surface area contributed by atoms with Crippen molar-refractivity contribution >= 4 is 24.3 Å². The highest BCUT2D eigenvalue weighted by Gasteiger charge is 2.30. The molecule has 140 valence electrons. The molecule has 0 saturated carbocycles. The molecule has 0 fully saturated rings. The molecule has 0 aliphatic rings. The number of hydrogen-bond acceptors (Lipinski definition) is 4. The Morgan fingerprint density at radius 3 is 2.35 bits per heavy atom. The summed E-state index contributed by atoms with van der Waals surface area (Å²) in [6.07, 6.45) is -4.37. The zero-order chi connectivity index (χ0) is 19.7. The molecule has 2 aromatic carbocycles. The van der Waals surface area contributed by atoms with Crippen LogP contribution in [0.15, 0.2) is 58.6 Å². The number of carboxylic acids is 1. The van der Waals surface area contributed by atoms with Crippen LogP contribution < -0.4 is 0 Å². The van der Waals surface area contributed by atoms with Crippen LogP contribution in [-0.2, 0) is 22.4 Å². The summed E-state index contributed by atoms with van der Waals surface area (Å²) in [5, 5.41) is 11.3. The Labute approximate surface area is 154 Å². The third kappa shape index (κ3) is 7.60. The number of nitrogens with zero attached hydrogens (tertiary/aromatic N) is 1. The Balaban J connectivity index is 0.000000765. The van der Waals surface area contributed by atoms with Crippen molar-refractivity contribution < 1.29 is 27.9 Å². The maximum Gasteiger partial charge on any atom is 0.416 e. The molecule has 0 aliphatic heterocycles. The van der Waals surface area contributed by atoms with Gasteiger partial charge in [0.15, 0.2) is 0 Å². The molecule has 0 atom stereocenters. The van der Waals surface area contributed by atoms with E-state index in [1.54, 1.807) is 13.0 Å². The van der Waals surface area contributed by atoms with Gasteiger partial charge in [0.2, 0.25) is 0 Å². The lowest BCUT2D eigenvalue weighted by Crippen LogP contribution is -2.06. The van der Waals surface area contributed by atoms with E-state index in [1.165, 1.54) is 6.07 Å². The highest BCUT2D eigenvalue weighted by Crippen LogP contribution is 2.29. The average molecular weight is 385 g/mol. The molecule has 0 unspecified atom stereocenters. The minimum absolute atomic E-state index is 0.204. The van der Waals surface area contributed by atoms with Crippen molar-refractivity contribution in [3.05, 3.63) is 65.2 Å². The first-order valence-corrected chi connectivity index (χ1v) is 7.86. The van der Waals surface area contributed by atoms with Crippen LogP contribution in [0.25, 0.3) is 0 Å². The van der Waals surface area contributed by atoms with E-state index in [2.05, 4.69) is 17.8 Å². The van der Waals surface area contributed by atoms with Crippen LogP contribution in [-0.4, -0.2) is 16.8 Å². The second kappa shape index (κ2) is 9.86. The summed E-state index contributed by atoms with van der Waals surface area (Å²) in [6.45, 7) is 2.89. The molecular weight excluding hydrogens is 367 g/mol. The fourth-order valence-electron chi connectivity index (χ4n) is 1.80. The van der Waals surface area contributed by atoms with Gasteiger partial charge in [0, 0.05) is 17.4 Å². The van der Waals surface area contributed by atoms with Gasteiger partial charge in [-0.3, -0.25) is 4.79 Å². The van der Waals surface area contributed by atoms with E-state index in [0.717, 1.165) is 29.5 Å². The van der Waals surface area contributed by atoms with E-state index < -0.39 is 17.7 Å². The first-order valence-electron chi connectivity index (χ1n) is 7.42. The third-order valence-electron chi connectivity index (χ3n) is 3.02. The number of carboxylic acid groups (broad SMARTS) is 1. The Hall–Kier alpha value is -2.48. The molecule has 0 aliphatic carbocycles. The number of halogens is 3. The van der Waals surface area contributed by atoms with Gasteiger partial charge in [-0.25, -0.2) is 0 Å². The zero-order valence-corrected chi connectivity index (χ0v) is 15.0. The van der Waals surface area contributed by atoms with Gasteiger partial charge in [0.1, 0.15) is 6.61 Å². The van der Waals surface area contributed by atoms with Gasteiger partial charge >= 0.3 is 6.18 Å². The summed E-state index contributed by atoms with van der Waals surface area (Å²) in [6, 6.07) is 12.3. The lowest BCUT2D eigenvalue weighted by Gasteiger charge is -2.08. The predicted octanol–water partition coefficient (Wildman–Crippen LogP) is 5.03. The van der Waals surface area contributed by atoms with Crippen LogP contribution in [0.3, 0.4) is 0 Å². The average Bonchev–Trinajstić information content (AvgIpc) is 2.55. The number of benzene rings is 2. The highest BCUT2D eigenvalue weighted by molar-refractivity contribution is 7.80. The van der Waals surface area contributed by atoms with Gasteiger partial charge < -0.3 is 9.94 Å². The van der Waals surface area contributed by atoms with E-state index >= 15 is 0 Å². The lowest BCUT2D eigenvalue weighted by atomic mass is 10.1. The molecule has 0 radical (unpaired) electrons. The van der Waals surface area contributed by atoms with Gasteiger partial charge in [-0.2, -0.15) is 13.2 Å². The van der Waals surface area contributed by atoms with Gasteiger partial charge in [-0.15, -0.1) is 12.6 Å². The first kappa shape index (κ1) is 21.6. The van der Waals surface area contributed by atoms with Crippen LogP contribution in [0.5, 0.6) is 0 Å². The zero-order valence-electron chi connectivity index (χ0n) is 14.1. The maximum absolute atomic E-state index is 12.7. The maximum atomic E-state index is 12.7. The number of hydrogen-bond donors (Lipinski definition) is 2. The van der Waals surface area contributed by atoms with Crippen molar-refractivity contribution in [1.82, 2.24) is 0 Å². The lowest BCUT2D eigenvalue weighted by molar-refractivity contribution is -0.137. The molecule has 8 heteroatoms. The topological polar surface area (TPSA) is 58.9 Å². The smallest absolute Gasteiger partial charge is 0.416 e. The van der Waals surface area contributed by atoms with Crippen molar-refractivity contribution in [3.63, 3.8) is 0 Å². The van der Waals surface area contributed by atoms with E-state index in [1.807, 2.05) is 24.3 Å². The molecule has 4 nitrogen and oxygen atoms in total. The normalized spacial score (nSPS) is 11.4. The molecule has 2 rings (SSSR count). The number of thiol groups is 1. The summed E-state index contributed by atoms with van der Waals surface area (Å²) in [7, 11) is 0. The molecule has 26 heavy (non-hydrogen) atoms. The molecule has 2 aromatic rings. The van der Waals surface area contributed by atoms with Crippen LogP contribution in [0.4, 0.5) is 13.2 Å². The quantitative estimate of drug-likeness (QED) is 0.441. The van der Waals surface area contributed by atoms with E-state index in [0.29, 0.717) is 11.3 Å². The van der Waals surface area contributed by atoms with Gasteiger partial charge in [0.05, 0.1) is 11.3 Å². The number of rotatable bonds is 4. The Bertz CT molecular complexity index is 772. The first-order chi connectivity index (χ1) is 12.1. The molecule has 0 heterocycles. The van der Waals surface area contributed by atoms with Crippen molar-refractivity contribution in [1.29, 1.82) is 0 Å². The van der Waals surface area contributed by atoms with Crippen molar-refractivity contribution in [2.45, 2.75) is 31.5 Å². The number of oxime groups is 1. The summed E-state index contributed by atoms with van der Waals surface area (Å²) in [4.78, 5) is 15.0. The number of alkyl halides is 3. The molecule has 0 aromatic heterocycles. The Kier molecular flexibility index (Phi) is 8.18. The standard InChI is InChI=1S/C16H14F3NOS.C2H4O2/c1-11(12-6-4-7-14(9-12)16(17,18)19)20-21-10-13-5-2-3-8-15(13)22;1-2(3)4/h2-9,22H,10H2,1H3;1H3,(H,3,4)/b20-11-;. The molecular formula is C18H18F3NO3S. The van der Waals surface area contributed by atoms with Crippen LogP contribution in [0.1, 0.15) is 30.5 Å². The summed E-state index contributed by atoms with van der Waals surface area (Å²) < 4.78 is 38.0. The second-order valence-corrected chi connectivity index (χ2v) is 5.66. The van der Waals surface area contributed by atoms with Gasteiger partial charge in [-0.1, -0.05) is 35.5 Å². The van der Waals surface area contributed by atoms with Gasteiger partial charge in [-0.05, 0) is 30.7 Å². The minimum atomic E-state index is -4.37. The number of carbonyl (C=O) groups is 1. The molecule has 1 N–H and O–H groups in total. The third-order valence-corrected chi connectivity index (χ3v) is 3.46. The van der Waals surface area contributed by atoms with E-state index in [4.69, 9.17) is 14.7 Å². The van der Waals surface area contributed by atoms with Crippen LogP contribution in [0.2, 0.25) is 0 Å². The van der Waals surface area contributed by atoms with Crippen LogP contribution >= 0.6 is 12.6 Å². The SMILES string of the molecule is C/C(=N/OCc1ccccc1S)c1cccc(C(F)(F)F)c1.CC(=O)O. The summed E-state index contributed by atoms with van der Waals surface area (Å²) in [5.41, 5.74) is 0.892. The highest BCUT2D eigenvalue weighted by atomic mass is 32.1. The monoisotopic (exact) mass is 385 g/mol. The van der Waals surface area contributed by atoms with Gasteiger partial charge in [0.25, 0.3) is 5.97 Å². The minimum Gasteiger partial charge on any atom is -0.481 e. The molecule has 0 amide bonds. The second-order valence-electron chi connectivity index (χ2n) is 5.18. The van der Waals surface area contributed by atoms with Crippen molar-refractivity contribution in [2.24, 2.45) is 5.16 Å². The Morgan fingerprint density at radius 2 is 1.77 bits per heavy atom. The molecule has 0 spiro atoms. The summed E-state index contributed by atoms with van der Waals surface area (Å²) in [5.74, 6) is -0.833. The largest absolute Gasteiger partial charge is 0.481 e. The van der Waals surface area contributed by atoms with Crippen LogP contribution in [0, 0.1) is 0 Å². The Morgan fingerprint density at radius 1 is 1.15 bits per heavy atom. The fraction of sp³-hybridized carbons (Fsp3) is 0.222. The summed E-state index contributed by atoms with van der Waals surface area (Å²) >= 11 is 4.28. The number of aliphatic carboxylic acids is 1. The fourth-order valence-corrected chi connectivity index (χ4v) is 2.03. The predicted molar refractivity (Wildman–Crippen MR) is 95.4 cm³/mol. The molecule has 0 saturated heterocycles. The van der Waals surface area contributed by atoms with E-state index in [9.17, 15) is 13.2 Å². The van der Waals surface area contributed by atoms with Crippen molar-refractivity contribution in [3.8, 4) is 0 Å². The molecule has 0 bridgehead atoms. The van der Waals surface area contributed by atoms with Crippen molar-refractivity contribution in [2.75, 3.05) is 0 Å². The van der Waals surface area contributed by atoms with E-state index in [-0.39, 0.29) is 6.61 Å².